The molecule has 0 radical (unpaired) electrons. The van der Waals surface area contributed by atoms with Crippen LogP contribution < -0.4 is 5.56 Å². The van der Waals surface area contributed by atoms with Crippen molar-refractivity contribution >= 4 is 16.6 Å². The lowest BCUT2D eigenvalue weighted by Crippen LogP contribution is -2.14. The Morgan fingerprint density at radius 1 is 1.12 bits per heavy atom. The van der Waals surface area contributed by atoms with Crippen LogP contribution in [-0.2, 0) is 0 Å². The van der Waals surface area contributed by atoms with Crippen LogP contribution >= 0.6 is 0 Å². The topological polar surface area (TPSA) is 91.7 Å². The second-order valence-electron chi connectivity index (χ2n) is 6.12. The van der Waals surface area contributed by atoms with Gasteiger partial charge >= 0.3 is 0 Å². The van der Waals surface area contributed by atoms with Gasteiger partial charge in [-0.2, -0.15) is 14.7 Å². The van der Waals surface area contributed by atoms with Crippen LogP contribution in [0.2, 0.25) is 0 Å². The molecule has 7 nitrogen and oxygen atoms in total. The van der Waals surface area contributed by atoms with E-state index in [1.54, 1.807) is 18.5 Å². The minimum atomic E-state index is -0.194. The molecule has 26 heavy (non-hydrogen) atoms. The van der Waals surface area contributed by atoms with Crippen LogP contribution in [0, 0.1) is 6.92 Å². The number of hydrogen-bond donors (Lipinski definition) is 2. The molecule has 0 saturated carbocycles. The third kappa shape index (κ3) is 2.14. The molecule has 0 unspecified atom stereocenters. The third-order valence-corrected chi connectivity index (χ3v) is 4.50. The van der Waals surface area contributed by atoms with Crippen LogP contribution in [0.3, 0.4) is 0 Å². The first kappa shape index (κ1) is 14.6. The highest BCUT2D eigenvalue weighted by atomic mass is 16.1. The highest BCUT2D eigenvalue weighted by Crippen LogP contribution is 2.25. The summed E-state index contributed by atoms with van der Waals surface area (Å²) in [5.74, 6) is 0. The number of H-pyrrole nitrogens is 2. The molecule has 0 atom stereocenters. The van der Waals surface area contributed by atoms with E-state index in [0.717, 1.165) is 39.1 Å². The molecule has 7 heteroatoms. The second-order valence-corrected chi connectivity index (χ2v) is 6.12. The maximum absolute atomic E-state index is 12.5. The van der Waals surface area contributed by atoms with Gasteiger partial charge in [-0.05, 0) is 36.8 Å². The van der Waals surface area contributed by atoms with Gasteiger partial charge in [-0.1, -0.05) is 12.1 Å². The summed E-state index contributed by atoms with van der Waals surface area (Å²) in [5, 5.41) is 12.4. The Balaban J connectivity index is 1.75. The lowest BCUT2D eigenvalue weighted by Gasteiger charge is -2.05. The zero-order valence-corrected chi connectivity index (χ0v) is 13.9. The molecule has 5 aromatic rings. The molecule has 5 rings (SSSR count). The Kier molecular flexibility index (Phi) is 3.02. The Bertz CT molecular complexity index is 1310. The smallest absolute Gasteiger partial charge is 0.274 e. The highest BCUT2D eigenvalue weighted by molar-refractivity contribution is 5.86. The van der Waals surface area contributed by atoms with Gasteiger partial charge in [0.05, 0.1) is 34.4 Å². The number of rotatable bonds is 2. The highest BCUT2D eigenvalue weighted by Gasteiger charge is 2.13. The Morgan fingerprint density at radius 3 is 2.88 bits per heavy atom. The zero-order chi connectivity index (χ0) is 17.7. The fourth-order valence-electron chi connectivity index (χ4n) is 3.16. The number of aryl methyl sites for hydroxylation is 1. The van der Waals surface area contributed by atoms with Crippen molar-refractivity contribution in [2.24, 2.45) is 0 Å². The summed E-state index contributed by atoms with van der Waals surface area (Å²) in [4.78, 5) is 20.2. The summed E-state index contributed by atoms with van der Waals surface area (Å²) < 4.78 is 1.36. The standard InChI is InChI=1S/C19H14N6O/c1-11-13-8-12(5-6-16(13)24-23-11)17-9-18(26)25-19(22-17)14(10-21-25)15-4-2-3-7-20-15/h2-10,22H,1H3,(H,23,24). The van der Waals surface area contributed by atoms with Gasteiger partial charge in [0.2, 0.25) is 0 Å². The number of aromatic amines is 2. The Hall–Kier alpha value is -3.74. The maximum atomic E-state index is 12.5. The SMILES string of the molecule is Cc1n[nH]c2ccc(-c3cc(=O)n4ncc(-c5ccccn5)c4[nH]3)cc12. The molecule has 0 amide bonds. The molecule has 2 N–H and O–H groups in total. The summed E-state index contributed by atoms with van der Waals surface area (Å²) >= 11 is 0. The van der Waals surface area contributed by atoms with Crippen LogP contribution in [0.5, 0.6) is 0 Å². The Morgan fingerprint density at radius 2 is 2.04 bits per heavy atom. The number of hydrogen-bond acceptors (Lipinski definition) is 4. The van der Waals surface area contributed by atoms with Crippen LogP contribution in [0.4, 0.5) is 0 Å². The predicted octanol–water partition coefficient (Wildman–Crippen LogP) is 2.94. The summed E-state index contributed by atoms with van der Waals surface area (Å²) in [6.45, 7) is 1.95. The van der Waals surface area contributed by atoms with E-state index in [9.17, 15) is 4.79 Å². The van der Waals surface area contributed by atoms with E-state index >= 15 is 0 Å². The molecule has 1 aromatic carbocycles. The molecule has 0 saturated heterocycles. The molecule has 0 aliphatic carbocycles. The van der Waals surface area contributed by atoms with Gasteiger partial charge < -0.3 is 4.98 Å². The van der Waals surface area contributed by atoms with E-state index in [0.29, 0.717) is 5.65 Å². The first-order chi connectivity index (χ1) is 12.7. The molecule has 0 spiro atoms. The number of fused-ring (bicyclic) bond motifs is 2. The first-order valence-corrected chi connectivity index (χ1v) is 8.18. The van der Waals surface area contributed by atoms with E-state index in [4.69, 9.17) is 0 Å². The molecule has 0 fully saturated rings. The van der Waals surface area contributed by atoms with Gasteiger partial charge in [-0.25, -0.2) is 0 Å². The summed E-state index contributed by atoms with van der Waals surface area (Å²) in [7, 11) is 0. The van der Waals surface area contributed by atoms with Crippen molar-refractivity contribution in [1.82, 2.24) is 29.8 Å². The normalized spacial score (nSPS) is 11.4. The van der Waals surface area contributed by atoms with Crippen molar-refractivity contribution in [3.63, 3.8) is 0 Å². The molecular weight excluding hydrogens is 328 g/mol. The van der Waals surface area contributed by atoms with Crippen LogP contribution in [-0.4, -0.2) is 29.8 Å². The second kappa shape index (κ2) is 5.38. The zero-order valence-electron chi connectivity index (χ0n) is 13.9. The molecule has 0 aliphatic rings. The summed E-state index contributed by atoms with van der Waals surface area (Å²) in [5.41, 5.74) is 5.49. The van der Waals surface area contributed by atoms with Crippen molar-refractivity contribution in [2.75, 3.05) is 0 Å². The van der Waals surface area contributed by atoms with Crippen molar-refractivity contribution in [3.05, 3.63) is 70.9 Å². The minimum Gasteiger partial charge on any atom is -0.339 e. The molecule has 0 aliphatic heterocycles. The molecule has 126 valence electrons. The average Bonchev–Trinajstić information content (AvgIpc) is 3.26. The van der Waals surface area contributed by atoms with E-state index in [-0.39, 0.29) is 5.56 Å². The fraction of sp³-hybridized carbons (Fsp3) is 0.0526. The number of nitrogens with one attached hydrogen (secondary N) is 2. The van der Waals surface area contributed by atoms with Crippen LogP contribution in [0.15, 0.2) is 59.7 Å². The largest absolute Gasteiger partial charge is 0.339 e. The number of pyridine rings is 1. The lowest BCUT2D eigenvalue weighted by atomic mass is 10.1. The van der Waals surface area contributed by atoms with Crippen molar-refractivity contribution in [3.8, 4) is 22.5 Å². The fourth-order valence-corrected chi connectivity index (χ4v) is 3.16. The number of aromatic nitrogens is 6. The van der Waals surface area contributed by atoms with Gasteiger partial charge in [0.25, 0.3) is 5.56 Å². The molecular formula is C19H14N6O. The molecule has 0 bridgehead atoms. The van der Waals surface area contributed by atoms with E-state index in [2.05, 4.69) is 25.3 Å². The van der Waals surface area contributed by atoms with Crippen molar-refractivity contribution in [1.29, 1.82) is 0 Å². The van der Waals surface area contributed by atoms with Crippen molar-refractivity contribution < 1.29 is 0 Å². The first-order valence-electron chi connectivity index (χ1n) is 8.18. The third-order valence-electron chi connectivity index (χ3n) is 4.50. The quantitative estimate of drug-likeness (QED) is 0.516. The maximum Gasteiger partial charge on any atom is 0.274 e. The Labute approximate surface area is 147 Å². The van der Waals surface area contributed by atoms with Gasteiger partial charge in [0, 0.05) is 17.6 Å². The lowest BCUT2D eigenvalue weighted by molar-refractivity contribution is 0.901. The minimum absolute atomic E-state index is 0.194. The summed E-state index contributed by atoms with van der Waals surface area (Å²) in [6.07, 6.45) is 3.37. The predicted molar refractivity (Wildman–Crippen MR) is 98.9 cm³/mol. The van der Waals surface area contributed by atoms with Gasteiger partial charge in [-0.15, -0.1) is 0 Å². The van der Waals surface area contributed by atoms with Gasteiger partial charge in [0.1, 0.15) is 5.65 Å². The van der Waals surface area contributed by atoms with Crippen LogP contribution in [0.25, 0.3) is 39.1 Å². The van der Waals surface area contributed by atoms with Crippen molar-refractivity contribution in [2.45, 2.75) is 6.92 Å². The van der Waals surface area contributed by atoms with Crippen LogP contribution in [0.1, 0.15) is 5.69 Å². The van der Waals surface area contributed by atoms with Gasteiger partial charge in [-0.3, -0.25) is 14.9 Å². The van der Waals surface area contributed by atoms with E-state index < -0.39 is 0 Å². The number of nitrogens with zero attached hydrogens (tertiary/aromatic N) is 4. The van der Waals surface area contributed by atoms with E-state index in [1.807, 2.05) is 43.3 Å². The number of benzene rings is 1. The summed E-state index contributed by atoms with van der Waals surface area (Å²) in [6, 6.07) is 13.1. The van der Waals surface area contributed by atoms with E-state index in [1.165, 1.54) is 4.52 Å². The molecule has 4 aromatic heterocycles. The average molecular weight is 342 g/mol. The molecule has 4 heterocycles. The van der Waals surface area contributed by atoms with Gasteiger partial charge in [0.15, 0.2) is 0 Å². The monoisotopic (exact) mass is 342 g/mol.